The zero-order valence-electron chi connectivity index (χ0n) is 12.8. The number of nitrogens with one attached hydrogen (secondary N) is 1. The molecule has 0 heterocycles. The van der Waals surface area contributed by atoms with E-state index in [2.05, 4.69) is 18.6 Å². The van der Waals surface area contributed by atoms with Gasteiger partial charge in [0.1, 0.15) is 0 Å². The van der Waals surface area contributed by atoms with Crippen molar-refractivity contribution in [1.82, 2.24) is 4.72 Å². The third-order valence-corrected chi connectivity index (χ3v) is 4.81. The summed E-state index contributed by atoms with van der Waals surface area (Å²) in [5.41, 5.74) is 6.61. The fraction of sp³-hybridized carbons (Fsp3) is 0.600. The second-order valence-electron chi connectivity index (χ2n) is 5.85. The molecular weight excluding hydrogens is 272 g/mol. The zero-order chi connectivity index (χ0) is 15.3. The summed E-state index contributed by atoms with van der Waals surface area (Å²) in [5.74, 6) is 0.573. The molecule has 0 bridgehead atoms. The SMILES string of the molecule is CC(C)CCC(C)NS(=O)(=O)c1cccc(C(C)N)c1. The van der Waals surface area contributed by atoms with Crippen LogP contribution in [0.4, 0.5) is 0 Å². The first-order chi connectivity index (χ1) is 9.22. The van der Waals surface area contributed by atoms with Gasteiger partial charge in [0.2, 0.25) is 10.0 Å². The molecule has 1 rings (SSSR count). The summed E-state index contributed by atoms with van der Waals surface area (Å²) in [6.45, 7) is 8.00. The van der Waals surface area contributed by atoms with Crippen molar-refractivity contribution in [3.63, 3.8) is 0 Å². The highest BCUT2D eigenvalue weighted by atomic mass is 32.2. The Hall–Kier alpha value is -0.910. The van der Waals surface area contributed by atoms with Crippen LogP contribution in [0.1, 0.15) is 52.1 Å². The predicted molar refractivity (Wildman–Crippen MR) is 82.9 cm³/mol. The van der Waals surface area contributed by atoms with Gasteiger partial charge in [0, 0.05) is 12.1 Å². The first-order valence-corrected chi connectivity index (χ1v) is 8.58. The average molecular weight is 298 g/mol. The Balaban J connectivity index is 2.80. The molecule has 0 aromatic heterocycles. The maximum absolute atomic E-state index is 12.3. The van der Waals surface area contributed by atoms with Gasteiger partial charge in [-0.05, 0) is 50.3 Å². The number of sulfonamides is 1. The molecule has 0 aliphatic heterocycles. The smallest absolute Gasteiger partial charge is 0.240 e. The standard InChI is InChI=1S/C15H26N2O2S/c1-11(2)8-9-12(3)17-20(18,19)15-7-5-6-14(10-15)13(4)16/h5-7,10-13,17H,8-9,16H2,1-4H3. The Morgan fingerprint density at radius 3 is 2.35 bits per heavy atom. The lowest BCUT2D eigenvalue weighted by molar-refractivity contribution is 0.485. The lowest BCUT2D eigenvalue weighted by Crippen LogP contribution is -2.32. The maximum atomic E-state index is 12.3. The number of benzene rings is 1. The molecule has 3 N–H and O–H groups in total. The van der Waals surface area contributed by atoms with Crippen LogP contribution in [0.3, 0.4) is 0 Å². The Morgan fingerprint density at radius 2 is 1.80 bits per heavy atom. The van der Waals surface area contributed by atoms with Gasteiger partial charge < -0.3 is 5.73 Å². The van der Waals surface area contributed by atoms with E-state index in [-0.39, 0.29) is 17.0 Å². The van der Waals surface area contributed by atoms with E-state index in [0.717, 1.165) is 18.4 Å². The van der Waals surface area contributed by atoms with E-state index in [0.29, 0.717) is 5.92 Å². The highest BCUT2D eigenvalue weighted by molar-refractivity contribution is 7.89. The topological polar surface area (TPSA) is 72.2 Å². The summed E-state index contributed by atoms with van der Waals surface area (Å²) < 4.78 is 27.3. The van der Waals surface area contributed by atoms with Crippen LogP contribution in [0.15, 0.2) is 29.2 Å². The molecule has 1 aromatic rings. The quantitative estimate of drug-likeness (QED) is 0.813. The van der Waals surface area contributed by atoms with E-state index in [4.69, 9.17) is 5.73 Å². The van der Waals surface area contributed by atoms with Crippen molar-refractivity contribution >= 4 is 10.0 Å². The van der Waals surface area contributed by atoms with Crippen molar-refractivity contribution in [2.24, 2.45) is 11.7 Å². The molecule has 20 heavy (non-hydrogen) atoms. The van der Waals surface area contributed by atoms with Gasteiger partial charge in [-0.2, -0.15) is 0 Å². The fourth-order valence-corrected chi connectivity index (χ4v) is 3.27. The van der Waals surface area contributed by atoms with Crippen LogP contribution in [0, 0.1) is 5.92 Å². The van der Waals surface area contributed by atoms with Crippen molar-refractivity contribution in [2.45, 2.75) is 57.5 Å². The van der Waals surface area contributed by atoms with Gasteiger partial charge in [0.05, 0.1) is 4.90 Å². The first-order valence-electron chi connectivity index (χ1n) is 7.10. The maximum Gasteiger partial charge on any atom is 0.240 e. The minimum atomic E-state index is -3.47. The van der Waals surface area contributed by atoms with E-state index in [1.807, 2.05) is 19.9 Å². The Labute approximate surface area is 122 Å². The Morgan fingerprint density at radius 1 is 1.15 bits per heavy atom. The first kappa shape index (κ1) is 17.1. The molecule has 2 atom stereocenters. The molecule has 0 saturated carbocycles. The predicted octanol–water partition coefficient (Wildman–Crippen LogP) is 2.81. The van der Waals surface area contributed by atoms with Crippen molar-refractivity contribution in [3.05, 3.63) is 29.8 Å². The highest BCUT2D eigenvalue weighted by Crippen LogP contribution is 2.17. The van der Waals surface area contributed by atoms with Crippen LogP contribution in [0.25, 0.3) is 0 Å². The molecule has 0 amide bonds. The number of hydrogen-bond acceptors (Lipinski definition) is 3. The number of hydrogen-bond donors (Lipinski definition) is 2. The van der Waals surface area contributed by atoms with E-state index < -0.39 is 10.0 Å². The van der Waals surface area contributed by atoms with Gasteiger partial charge in [-0.25, -0.2) is 13.1 Å². The third-order valence-electron chi connectivity index (χ3n) is 3.23. The van der Waals surface area contributed by atoms with Gasteiger partial charge in [0.25, 0.3) is 0 Å². The van der Waals surface area contributed by atoms with Crippen LogP contribution in [0.5, 0.6) is 0 Å². The molecule has 4 nitrogen and oxygen atoms in total. The van der Waals surface area contributed by atoms with Gasteiger partial charge in [-0.15, -0.1) is 0 Å². The lowest BCUT2D eigenvalue weighted by atomic mass is 10.1. The number of nitrogens with two attached hydrogens (primary N) is 1. The molecule has 0 aliphatic carbocycles. The van der Waals surface area contributed by atoms with Crippen LogP contribution < -0.4 is 10.5 Å². The van der Waals surface area contributed by atoms with Gasteiger partial charge >= 0.3 is 0 Å². The molecule has 0 aliphatic rings. The molecular formula is C15H26N2O2S. The molecule has 0 spiro atoms. The van der Waals surface area contributed by atoms with E-state index in [1.165, 1.54) is 0 Å². The molecule has 114 valence electrons. The summed E-state index contributed by atoms with van der Waals surface area (Å²) >= 11 is 0. The lowest BCUT2D eigenvalue weighted by Gasteiger charge is -2.16. The van der Waals surface area contributed by atoms with E-state index in [9.17, 15) is 8.42 Å². The second kappa shape index (κ2) is 7.20. The van der Waals surface area contributed by atoms with Crippen LogP contribution in [-0.2, 0) is 10.0 Å². The van der Waals surface area contributed by atoms with Crippen molar-refractivity contribution in [2.75, 3.05) is 0 Å². The molecule has 1 aromatic carbocycles. The number of rotatable bonds is 7. The average Bonchev–Trinajstić information content (AvgIpc) is 2.36. The molecule has 2 unspecified atom stereocenters. The zero-order valence-corrected chi connectivity index (χ0v) is 13.6. The molecule has 0 radical (unpaired) electrons. The third kappa shape index (κ3) is 5.23. The van der Waals surface area contributed by atoms with Gasteiger partial charge in [-0.3, -0.25) is 0 Å². The minimum absolute atomic E-state index is 0.0682. The summed E-state index contributed by atoms with van der Waals surface area (Å²) in [7, 11) is -3.47. The normalized spacial score (nSPS) is 15.3. The summed E-state index contributed by atoms with van der Waals surface area (Å²) in [4.78, 5) is 0.281. The molecule has 0 fully saturated rings. The van der Waals surface area contributed by atoms with Crippen LogP contribution >= 0.6 is 0 Å². The van der Waals surface area contributed by atoms with Gasteiger partial charge in [0.15, 0.2) is 0 Å². The largest absolute Gasteiger partial charge is 0.324 e. The molecule has 0 saturated heterocycles. The summed E-state index contributed by atoms with van der Waals surface area (Å²) in [5, 5.41) is 0. The van der Waals surface area contributed by atoms with Crippen LogP contribution in [0.2, 0.25) is 0 Å². The van der Waals surface area contributed by atoms with Crippen LogP contribution in [-0.4, -0.2) is 14.5 Å². The summed E-state index contributed by atoms with van der Waals surface area (Å²) in [6.07, 6.45) is 1.84. The minimum Gasteiger partial charge on any atom is -0.324 e. The van der Waals surface area contributed by atoms with Crippen molar-refractivity contribution in [1.29, 1.82) is 0 Å². The fourth-order valence-electron chi connectivity index (χ4n) is 1.94. The van der Waals surface area contributed by atoms with E-state index in [1.54, 1.807) is 18.2 Å². The second-order valence-corrected chi connectivity index (χ2v) is 7.57. The van der Waals surface area contributed by atoms with Crippen molar-refractivity contribution in [3.8, 4) is 0 Å². The molecule has 5 heteroatoms. The van der Waals surface area contributed by atoms with E-state index >= 15 is 0 Å². The monoisotopic (exact) mass is 298 g/mol. The Bertz CT molecular complexity index is 524. The Kier molecular flexibility index (Phi) is 6.17. The summed E-state index contributed by atoms with van der Waals surface area (Å²) in [6, 6.07) is 6.56. The van der Waals surface area contributed by atoms with Crippen molar-refractivity contribution < 1.29 is 8.42 Å². The highest BCUT2D eigenvalue weighted by Gasteiger charge is 2.18. The van der Waals surface area contributed by atoms with Gasteiger partial charge in [-0.1, -0.05) is 26.0 Å².